The average molecular weight is 384 g/mol. The molecule has 0 aliphatic heterocycles. The second-order valence-electron chi connectivity index (χ2n) is 5.95. The molecule has 0 spiro atoms. The van der Waals surface area contributed by atoms with Gasteiger partial charge in [0.1, 0.15) is 5.69 Å². The first-order chi connectivity index (χ1) is 13.0. The molecule has 1 aromatic heterocycles. The molecule has 8 heteroatoms. The molecule has 0 atom stereocenters. The maximum absolute atomic E-state index is 12.4. The molecule has 3 N–H and O–H groups in total. The predicted molar refractivity (Wildman–Crippen MR) is 103 cm³/mol. The maximum Gasteiger partial charge on any atom is 0.269 e. The molecule has 3 rings (SSSR count). The highest BCUT2D eigenvalue weighted by molar-refractivity contribution is 7.88. The topological polar surface area (TPSA) is 104 Å². The number of H-pyrrole nitrogens is 1. The number of aromatic nitrogens is 2. The molecule has 0 aliphatic carbocycles. The van der Waals surface area contributed by atoms with Gasteiger partial charge in [-0.25, -0.2) is 13.1 Å². The van der Waals surface area contributed by atoms with E-state index in [4.69, 9.17) is 0 Å². The SMILES string of the molecule is CNS(=O)(=O)Cc1ccccc1CNC(=O)c1cc(-c2ccccc2)n[nH]1. The Balaban J connectivity index is 1.69. The molecule has 0 bridgehead atoms. The number of carbonyl (C=O) groups is 1. The molecule has 7 nitrogen and oxygen atoms in total. The van der Waals surface area contributed by atoms with Gasteiger partial charge in [-0.15, -0.1) is 0 Å². The molecule has 0 aliphatic rings. The second-order valence-corrected chi connectivity index (χ2v) is 7.87. The van der Waals surface area contributed by atoms with Crippen molar-refractivity contribution in [2.24, 2.45) is 0 Å². The fraction of sp³-hybridized carbons (Fsp3) is 0.158. The minimum absolute atomic E-state index is 0.141. The average Bonchev–Trinajstić information content (AvgIpc) is 3.18. The van der Waals surface area contributed by atoms with Crippen molar-refractivity contribution in [2.45, 2.75) is 12.3 Å². The van der Waals surface area contributed by atoms with Crippen LogP contribution >= 0.6 is 0 Å². The summed E-state index contributed by atoms with van der Waals surface area (Å²) in [4.78, 5) is 12.4. The number of nitrogens with zero attached hydrogens (tertiary/aromatic N) is 1. The second kappa shape index (κ2) is 8.15. The number of hydrogen-bond acceptors (Lipinski definition) is 4. The van der Waals surface area contributed by atoms with Crippen LogP contribution in [0.1, 0.15) is 21.6 Å². The summed E-state index contributed by atoms with van der Waals surface area (Å²) in [5.74, 6) is -0.450. The molecule has 2 aromatic carbocycles. The molecular formula is C19H20N4O3S. The van der Waals surface area contributed by atoms with Gasteiger partial charge in [-0.05, 0) is 24.2 Å². The third-order valence-electron chi connectivity index (χ3n) is 4.11. The molecule has 27 heavy (non-hydrogen) atoms. The van der Waals surface area contributed by atoms with Gasteiger partial charge in [0.2, 0.25) is 10.0 Å². The maximum atomic E-state index is 12.4. The van der Waals surface area contributed by atoms with Crippen LogP contribution in [0.5, 0.6) is 0 Å². The van der Waals surface area contributed by atoms with Crippen molar-refractivity contribution < 1.29 is 13.2 Å². The normalized spacial score (nSPS) is 11.3. The van der Waals surface area contributed by atoms with Gasteiger partial charge in [-0.3, -0.25) is 9.89 Å². The third-order valence-corrected chi connectivity index (χ3v) is 5.42. The fourth-order valence-electron chi connectivity index (χ4n) is 2.61. The summed E-state index contributed by atoms with van der Waals surface area (Å²) >= 11 is 0. The Bertz CT molecular complexity index is 1030. The van der Waals surface area contributed by atoms with Gasteiger partial charge >= 0.3 is 0 Å². The highest BCUT2D eigenvalue weighted by Gasteiger charge is 2.14. The van der Waals surface area contributed by atoms with E-state index in [1.165, 1.54) is 7.05 Å². The number of carbonyl (C=O) groups excluding carboxylic acids is 1. The Kier molecular flexibility index (Phi) is 5.68. The zero-order valence-corrected chi connectivity index (χ0v) is 15.6. The van der Waals surface area contributed by atoms with Gasteiger partial charge in [0.15, 0.2) is 0 Å². The van der Waals surface area contributed by atoms with Gasteiger partial charge < -0.3 is 5.32 Å². The van der Waals surface area contributed by atoms with Gasteiger partial charge in [0.05, 0.1) is 11.4 Å². The van der Waals surface area contributed by atoms with Crippen molar-refractivity contribution >= 4 is 15.9 Å². The van der Waals surface area contributed by atoms with Crippen LogP contribution in [0.15, 0.2) is 60.7 Å². The molecule has 0 saturated heterocycles. The van der Waals surface area contributed by atoms with E-state index in [1.54, 1.807) is 30.3 Å². The number of benzene rings is 2. The van der Waals surface area contributed by atoms with Crippen molar-refractivity contribution in [1.82, 2.24) is 20.2 Å². The number of rotatable bonds is 7. The summed E-state index contributed by atoms with van der Waals surface area (Å²) in [6.07, 6.45) is 0. The van der Waals surface area contributed by atoms with Crippen molar-refractivity contribution in [3.63, 3.8) is 0 Å². The molecule has 0 unspecified atom stereocenters. The van der Waals surface area contributed by atoms with E-state index in [9.17, 15) is 13.2 Å². The summed E-state index contributed by atoms with van der Waals surface area (Å²) in [7, 11) is -2.01. The molecule has 0 radical (unpaired) electrons. The lowest BCUT2D eigenvalue weighted by Gasteiger charge is -2.10. The zero-order valence-electron chi connectivity index (χ0n) is 14.8. The number of nitrogens with one attached hydrogen (secondary N) is 3. The van der Waals surface area contributed by atoms with Crippen LogP contribution in [-0.4, -0.2) is 31.6 Å². The first-order valence-electron chi connectivity index (χ1n) is 8.35. The zero-order chi connectivity index (χ0) is 19.3. The van der Waals surface area contributed by atoms with Crippen LogP contribution in [0.3, 0.4) is 0 Å². The molecule has 3 aromatic rings. The van der Waals surface area contributed by atoms with Crippen molar-refractivity contribution in [3.05, 3.63) is 77.5 Å². The van der Waals surface area contributed by atoms with Crippen molar-refractivity contribution in [1.29, 1.82) is 0 Å². The molecule has 1 amide bonds. The predicted octanol–water partition coefficient (Wildman–Crippen LogP) is 2.06. The summed E-state index contributed by atoms with van der Waals surface area (Å²) in [5, 5.41) is 9.70. The largest absolute Gasteiger partial charge is 0.347 e. The smallest absolute Gasteiger partial charge is 0.269 e. The minimum Gasteiger partial charge on any atom is -0.347 e. The lowest BCUT2D eigenvalue weighted by atomic mass is 10.1. The summed E-state index contributed by atoms with van der Waals surface area (Å²) in [5.41, 5.74) is 3.32. The summed E-state index contributed by atoms with van der Waals surface area (Å²) in [6.45, 7) is 0.216. The van der Waals surface area contributed by atoms with Crippen molar-refractivity contribution in [2.75, 3.05) is 7.05 Å². The van der Waals surface area contributed by atoms with Gasteiger partial charge in [-0.1, -0.05) is 54.6 Å². The highest BCUT2D eigenvalue weighted by atomic mass is 32.2. The van der Waals surface area contributed by atoms with Gasteiger partial charge in [0.25, 0.3) is 5.91 Å². The number of hydrogen-bond donors (Lipinski definition) is 3. The van der Waals surface area contributed by atoms with Crippen LogP contribution < -0.4 is 10.0 Å². The van der Waals surface area contributed by atoms with E-state index in [2.05, 4.69) is 20.2 Å². The van der Waals surface area contributed by atoms with Gasteiger partial charge in [-0.2, -0.15) is 5.10 Å². The Morgan fingerprint density at radius 3 is 2.41 bits per heavy atom. The number of amides is 1. The molecule has 1 heterocycles. The van der Waals surface area contributed by atoms with E-state index in [1.807, 2.05) is 30.3 Å². The van der Waals surface area contributed by atoms with Gasteiger partial charge in [0, 0.05) is 12.1 Å². The standard InChI is InChI=1S/C19H20N4O3S/c1-20-27(25,26)13-16-10-6-5-9-15(16)12-21-19(24)18-11-17(22-23-18)14-7-3-2-4-8-14/h2-11,20H,12-13H2,1H3,(H,21,24)(H,22,23). The monoisotopic (exact) mass is 384 g/mol. The van der Waals surface area contributed by atoms with Crippen LogP contribution in [0, 0.1) is 0 Å². The Morgan fingerprint density at radius 2 is 1.70 bits per heavy atom. The lowest BCUT2D eigenvalue weighted by Crippen LogP contribution is -2.25. The van der Waals surface area contributed by atoms with E-state index in [-0.39, 0.29) is 18.2 Å². The van der Waals surface area contributed by atoms with Crippen LogP contribution in [-0.2, 0) is 22.3 Å². The summed E-state index contributed by atoms with van der Waals surface area (Å²) < 4.78 is 25.9. The van der Waals surface area contributed by atoms with Crippen LogP contribution in [0.25, 0.3) is 11.3 Å². The Hall–Kier alpha value is -2.97. The van der Waals surface area contributed by atoms with E-state index in [0.29, 0.717) is 17.0 Å². The van der Waals surface area contributed by atoms with E-state index in [0.717, 1.165) is 11.1 Å². The Morgan fingerprint density at radius 1 is 1.04 bits per heavy atom. The van der Waals surface area contributed by atoms with Crippen LogP contribution in [0.4, 0.5) is 0 Å². The summed E-state index contributed by atoms with van der Waals surface area (Å²) in [6, 6.07) is 18.3. The first-order valence-corrected chi connectivity index (χ1v) is 10.0. The molecule has 0 fully saturated rings. The third kappa shape index (κ3) is 4.81. The fourth-order valence-corrected chi connectivity index (χ4v) is 3.45. The first kappa shape index (κ1) is 18.8. The number of sulfonamides is 1. The van der Waals surface area contributed by atoms with E-state index >= 15 is 0 Å². The highest BCUT2D eigenvalue weighted by Crippen LogP contribution is 2.17. The van der Waals surface area contributed by atoms with Crippen LogP contribution in [0.2, 0.25) is 0 Å². The Labute approximate surface area is 157 Å². The lowest BCUT2D eigenvalue weighted by molar-refractivity contribution is 0.0946. The molecular weight excluding hydrogens is 364 g/mol. The van der Waals surface area contributed by atoms with Crippen molar-refractivity contribution in [3.8, 4) is 11.3 Å². The van der Waals surface area contributed by atoms with E-state index < -0.39 is 10.0 Å². The molecule has 0 saturated carbocycles. The molecule has 140 valence electrons. The quantitative estimate of drug-likeness (QED) is 0.580. The number of aromatic amines is 1. The minimum atomic E-state index is -3.39.